The van der Waals surface area contributed by atoms with Crippen molar-refractivity contribution >= 4 is 5.57 Å². The summed E-state index contributed by atoms with van der Waals surface area (Å²) in [7, 11) is 0. The van der Waals surface area contributed by atoms with Crippen molar-refractivity contribution in [3.8, 4) is 11.1 Å². The number of allylic oxidation sites excluding steroid dienone is 2. The molecule has 0 amide bonds. The number of hydrogen-bond acceptors (Lipinski definition) is 0. The summed E-state index contributed by atoms with van der Waals surface area (Å²) in [6.07, 6.45) is 0. The van der Waals surface area contributed by atoms with E-state index < -0.39 is 0 Å². The van der Waals surface area contributed by atoms with Gasteiger partial charge in [-0.2, -0.15) is 0 Å². The summed E-state index contributed by atoms with van der Waals surface area (Å²) in [6.45, 7) is 12.9. The van der Waals surface area contributed by atoms with Crippen LogP contribution in [0.15, 0.2) is 67.3 Å². The second-order valence-electron chi connectivity index (χ2n) is 5.68. The van der Waals surface area contributed by atoms with E-state index in [-0.39, 0.29) is 5.41 Å². The van der Waals surface area contributed by atoms with Gasteiger partial charge in [0.1, 0.15) is 0 Å². The van der Waals surface area contributed by atoms with Crippen LogP contribution >= 0.6 is 0 Å². The van der Waals surface area contributed by atoms with Crippen LogP contribution in [-0.2, 0) is 5.41 Å². The summed E-state index contributed by atoms with van der Waals surface area (Å²) in [6, 6.07) is 17.0. The van der Waals surface area contributed by atoms with Gasteiger partial charge in [-0.25, -0.2) is 0 Å². The second kappa shape index (κ2) is 3.96. The van der Waals surface area contributed by atoms with E-state index in [4.69, 9.17) is 0 Å². The van der Waals surface area contributed by atoms with Crippen LogP contribution in [0.1, 0.15) is 25.0 Å². The lowest BCUT2D eigenvalue weighted by Crippen LogP contribution is -2.14. The molecule has 2 aromatic rings. The number of hydrogen-bond donors (Lipinski definition) is 0. The molecule has 0 aromatic heterocycles. The largest absolute Gasteiger partial charge is 0.0943 e. The number of benzene rings is 2. The van der Waals surface area contributed by atoms with Crippen molar-refractivity contribution in [2.75, 3.05) is 0 Å². The molecule has 0 nitrogen and oxygen atoms in total. The molecule has 0 unspecified atom stereocenters. The molecule has 0 atom stereocenters. The van der Waals surface area contributed by atoms with E-state index in [0.717, 1.165) is 11.1 Å². The Morgan fingerprint density at radius 2 is 1.53 bits per heavy atom. The predicted molar refractivity (Wildman–Crippen MR) is 83.1 cm³/mol. The minimum Gasteiger partial charge on any atom is -0.0943 e. The minimum absolute atomic E-state index is 0.0167. The van der Waals surface area contributed by atoms with Crippen molar-refractivity contribution in [1.29, 1.82) is 0 Å². The van der Waals surface area contributed by atoms with Gasteiger partial charge in [-0.05, 0) is 33.4 Å². The Hall–Kier alpha value is -2.08. The van der Waals surface area contributed by atoms with Gasteiger partial charge in [0.05, 0.1) is 0 Å². The van der Waals surface area contributed by atoms with Crippen LogP contribution < -0.4 is 0 Å². The van der Waals surface area contributed by atoms with E-state index in [2.05, 4.69) is 69.5 Å². The van der Waals surface area contributed by atoms with E-state index in [9.17, 15) is 0 Å². The molecule has 2 aromatic carbocycles. The van der Waals surface area contributed by atoms with Crippen LogP contribution in [0.25, 0.3) is 16.7 Å². The highest BCUT2D eigenvalue weighted by molar-refractivity contribution is 5.95. The third-order valence-electron chi connectivity index (χ3n) is 4.24. The van der Waals surface area contributed by atoms with E-state index in [1.54, 1.807) is 0 Å². The molecule has 0 fully saturated rings. The normalized spacial score (nSPS) is 16.5. The first-order valence-electron chi connectivity index (χ1n) is 6.61. The fraction of sp³-hybridized carbons (Fsp3) is 0.158. The maximum Gasteiger partial charge on any atom is 0.0153 e. The fourth-order valence-electron chi connectivity index (χ4n) is 2.95. The first-order chi connectivity index (χ1) is 9.03. The molecular weight excluding hydrogens is 228 g/mol. The Morgan fingerprint density at radius 1 is 0.842 bits per heavy atom. The fourth-order valence-corrected chi connectivity index (χ4v) is 2.95. The first-order valence-corrected chi connectivity index (χ1v) is 6.61. The van der Waals surface area contributed by atoms with Crippen molar-refractivity contribution in [2.24, 2.45) is 0 Å². The highest BCUT2D eigenvalue weighted by atomic mass is 14.4. The summed E-state index contributed by atoms with van der Waals surface area (Å²) in [5.41, 5.74) is 7.30. The van der Waals surface area contributed by atoms with Crippen LogP contribution in [-0.4, -0.2) is 0 Å². The van der Waals surface area contributed by atoms with Gasteiger partial charge < -0.3 is 0 Å². The molecule has 0 saturated carbocycles. The van der Waals surface area contributed by atoms with E-state index in [0.29, 0.717) is 0 Å². The average molecular weight is 246 g/mol. The SMILES string of the molecule is C=C1C(=C)C(C)(C)c2cccc(-c3ccccc3)c21. The van der Waals surface area contributed by atoms with Gasteiger partial charge >= 0.3 is 0 Å². The molecule has 0 spiro atoms. The van der Waals surface area contributed by atoms with E-state index in [1.807, 2.05) is 6.07 Å². The van der Waals surface area contributed by atoms with Crippen molar-refractivity contribution in [1.82, 2.24) is 0 Å². The van der Waals surface area contributed by atoms with E-state index >= 15 is 0 Å². The standard InChI is InChI=1S/C19H18/c1-13-14(2)19(3,4)17-12-8-11-16(18(13)17)15-9-6-5-7-10-15/h5-12H,1-2H2,3-4H3. The molecule has 0 radical (unpaired) electrons. The van der Waals surface area contributed by atoms with Gasteiger partial charge in [0.2, 0.25) is 0 Å². The van der Waals surface area contributed by atoms with Crippen LogP contribution in [0.2, 0.25) is 0 Å². The smallest absolute Gasteiger partial charge is 0.0153 e. The lowest BCUT2D eigenvalue weighted by molar-refractivity contribution is 0.663. The Kier molecular flexibility index (Phi) is 2.50. The Labute approximate surface area is 115 Å². The van der Waals surface area contributed by atoms with Crippen molar-refractivity contribution in [3.05, 3.63) is 78.4 Å². The Balaban J connectivity index is 2.31. The molecule has 1 aliphatic carbocycles. The molecule has 0 saturated heterocycles. The molecule has 3 rings (SSSR count). The first kappa shape index (κ1) is 12.0. The van der Waals surface area contributed by atoms with Gasteiger partial charge in [-0.3, -0.25) is 0 Å². The van der Waals surface area contributed by atoms with Crippen molar-refractivity contribution in [2.45, 2.75) is 19.3 Å². The predicted octanol–water partition coefficient (Wildman–Crippen LogP) is 5.21. The highest BCUT2D eigenvalue weighted by Gasteiger charge is 2.37. The lowest BCUT2D eigenvalue weighted by Gasteiger charge is -2.20. The number of fused-ring (bicyclic) bond motifs is 1. The Morgan fingerprint density at radius 3 is 2.21 bits per heavy atom. The minimum atomic E-state index is -0.0167. The summed E-state index contributed by atoms with van der Waals surface area (Å²) in [5.74, 6) is 0. The third-order valence-corrected chi connectivity index (χ3v) is 4.24. The molecule has 1 aliphatic rings. The van der Waals surface area contributed by atoms with Crippen molar-refractivity contribution < 1.29 is 0 Å². The molecular formula is C19H18. The molecule has 0 aliphatic heterocycles. The molecule has 94 valence electrons. The maximum atomic E-state index is 4.26. The van der Waals surface area contributed by atoms with Crippen LogP contribution in [0.3, 0.4) is 0 Å². The van der Waals surface area contributed by atoms with Gasteiger partial charge in [0.15, 0.2) is 0 Å². The average Bonchev–Trinajstić information content (AvgIpc) is 2.61. The maximum absolute atomic E-state index is 4.26. The summed E-state index contributed by atoms with van der Waals surface area (Å²) < 4.78 is 0. The monoisotopic (exact) mass is 246 g/mol. The second-order valence-corrected chi connectivity index (χ2v) is 5.68. The van der Waals surface area contributed by atoms with Gasteiger partial charge in [-0.1, -0.05) is 75.5 Å². The molecule has 0 N–H and O–H groups in total. The molecule has 0 bridgehead atoms. The van der Waals surface area contributed by atoms with Gasteiger partial charge in [-0.15, -0.1) is 0 Å². The lowest BCUT2D eigenvalue weighted by atomic mass is 9.83. The van der Waals surface area contributed by atoms with Crippen LogP contribution in [0.4, 0.5) is 0 Å². The highest BCUT2D eigenvalue weighted by Crippen LogP contribution is 2.50. The number of rotatable bonds is 1. The topological polar surface area (TPSA) is 0 Å². The van der Waals surface area contributed by atoms with Crippen LogP contribution in [0.5, 0.6) is 0 Å². The summed E-state index contributed by atoms with van der Waals surface area (Å²) >= 11 is 0. The molecule has 0 heteroatoms. The summed E-state index contributed by atoms with van der Waals surface area (Å²) in [5, 5.41) is 0. The zero-order chi connectivity index (χ0) is 13.6. The molecule has 0 heterocycles. The van der Waals surface area contributed by atoms with Gasteiger partial charge in [0, 0.05) is 5.41 Å². The van der Waals surface area contributed by atoms with Crippen molar-refractivity contribution in [3.63, 3.8) is 0 Å². The summed E-state index contributed by atoms with van der Waals surface area (Å²) in [4.78, 5) is 0. The zero-order valence-corrected chi connectivity index (χ0v) is 11.5. The molecule has 19 heavy (non-hydrogen) atoms. The van der Waals surface area contributed by atoms with E-state index in [1.165, 1.54) is 22.3 Å². The zero-order valence-electron chi connectivity index (χ0n) is 11.5. The third kappa shape index (κ3) is 1.60. The quantitative estimate of drug-likeness (QED) is 0.647. The van der Waals surface area contributed by atoms with Gasteiger partial charge in [0.25, 0.3) is 0 Å². The Bertz CT molecular complexity index is 672. The van der Waals surface area contributed by atoms with Crippen LogP contribution in [0, 0.1) is 0 Å².